The van der Waals surface area contributed by atoms with Crippen molar-refractivity contribution in [2.45, 2.75) is 26.7 Å². The van der Waals surface area contributed by atoms with Gasteiger partial charge >= 0.3 is 5.97 Å². The lowest BCUT2D eigenvalue weighted by atomic mass is 10.1. The Balaban J connectivity index is 1.82. The Kier molecular flexibility index (Phi) is 8.50. The number of esters is 1. The Morgan fingerprint density at radius 2 is 1.78 bits per heavy atom. The molecule has 0 bridgehead atoms. The molecule has 1 saturated heterocycles. The van der Waals surface area contributed by atoms with E-state index < -0.39 is 5.97 Å². The zero-order chi connectivity index (χ0) is 22.9. The molecule has 1 aliphatic heterocycles. The smallest absolute Gasteiger partial charge is 0.337 e. The van der Waals surface area contributed by atoms with Crippen molar-refractivity contribution in [2.75, 3.05) is 56.7 Å². The van der Waals surface area contributed by atoms with E-state index in [4.69, 9.17) is 9.47 Å². The number of hydrogen-bond donors (Lipinski definition) is 1. The highest BCUT2D eigenvalue weighted by Crippen LogP contribution is 2.29. The molecule has 3 rings (SSSR count). The molecular formula is C25H33N3O4. The lowest BCUT2D eigenvalue weighted by Crippen LogP contribution is -2.46. The van der Waals surface area contributed by atoms with Crippen molar-refractivity contribution in [3.8, 4) is 5.75 Å². The number of carbonyl (C=O) groups is 2. The van der Waals surface area contributed by atoms with Crippen LogP contribution >= 0.6 is 0 Å². The molecule has 0 radical (unpaired) electrons. The van der Waals surface area contributed by atoms with Crippen LogP contribution in [0.25, 0.3) is 0 Å². The van der Waals surface area contributed by atoms with Crippen molar-refractivity contribution in [3.05, 3.63) is 53.6 Å². The maximum absolute atomic E-state index is 13.1. The molecule has 0 unspecified atom stereocenters. The number of piperazine rings is 1. The van der Waals surface area contributed by atoms with Crippen LogP contribution in [-0.4, -0.2) is 63.2 Å². The molecule has 7 nitrogen and oxygen atoms in total. The quantitative estimate of drug-likeness (QED) is 0.470. The van der Waals surface area contributed by atoms with Gasteiger partial charge in [-0.25, -0.2) is 4.79 Å². The first-order valence-corrected chi connectivity index (χ1v) is 11.3. The van der Waals surface area contributed by atoms with Gasteiger partial charge in [0.15, 0.2) is 0 Å². The summed E-state index contributed by atoms with van der Waals surface area (Å²) in [6.07, 6.45) is 2.01. The third-order valence-corrected chi connectivity index (χ3v) is 5.69. The topological polar surface area (TPSA) is 71.1 Å². The summed E-state index contributed by atoms with van der Waals surface area (Å²) in [6.45, 7) is 9.54. The SMILES string of the molecule is CCCCOc1cccc(C(=O)Nc2cc(C(=O)OC)ccc2N2CCN(CC)CC2)c1. The molecule has 0 saturated carbocycles. The molecule has 1 heterocycles. The molecular weight excluding hydrogens is 406 g/mol. The zero-order valence-electron chi connectivity index (χ0n) is 19.2. The van der Waals surface area contributed by atoms with E-state index in [1.807, 2.05) is 18.2 Å². The van der Waals surface area contributed by atoms with Gasteiger partial charge in [-0.05, 0) is 49.4 Å². The molecule has 172 valence electrons. The highest BCUT2D eigenvalue weighted by Gasteiger charge is 2.21. The van der Waals surface area contributed by atoms with E-state index >= 15 is 0 Å². The average Bonchev–Trinajstić information content (AvgIpc) is 2.84. The summed E-state index contributed by atoms with van der Waals surface area (Å²) in [7, 11) is 1.35. The van der Waals surface area contributed by atoms with Crippen LogP contribution in [0.1, 0.15) is 47.4 Å². The predicted molar refractivity (Wildman–Crippen MR) is 127 cm³/mol. The Hall–Kier alpha value is -3.06. The second kappa shape index (κ2) is 11.5. The molecule has 0 aliphatic carbocycles. The van der Waals surface area contributed by atoms with Crippen LogP contribution in [0.5, 0.6) is 5.75 Å². The highest BCUT2D eigenvalue weighted by atomic mass is 16.5. The van der Waals surface area contributed by atoms with Gasteiger partial charge in [-0.1, -0.05) is 26.3 Å². The third kappa shape index (κ3) is 6.01. The van der Waals surface area contributed by atoms with E-state index in [0.717, 1.165) is 51.3 Å². The maximum Gasteiger partial charge on any atom is 0.337 e. The van der Waals surface area contributed by atoms with Gasteiger partial charge in [0.05, 0.1) is 30.7 Å². The zero-order valence-corrected chi connectivity index (χ0v) is 19.2. The molecule has 1 N–H and O–H groups in total. The Bertz CT molecular complexity index is 923. The number of unbranched alkanes of at least 4 members (excludes halogenated alkanes) is 1. The second-order valence-electron chi connectivity index (χ2n) is 7.83. The number of anilines is 2. The number of likely N-dealkylation sites (N-methyl/N-ethyl adjacent to an activating group) is 1. The molecule has 0 atom stereocenters. The van der Waals surface area contributed by atoms with Crippen molar-refractivity contribution in [3.63, 3.8) is 0 Å². The van der Waals surface area contributed by atoms with Crippen molar-refractivity contribution in [2.24, 2.45) is 0 Å². The fourth-order valence-corrected chi connectivity index (χ4v) is 3.72. The summed E-state index contributed by atoms with van der Waals surface area (Å²) in [6, 6.07) is 12.5. The van der Waals surface area contributed by atoms with Crippen molar-refractivity contribution < 1.29 is 19.1 Å². The van der Waals surface area contributed by atoms with Gasteiger partial charge in [0.2, 0.25) is 0 Å². The predicted octanol–water partition coefficient (Wildman–Crippen LogP) is 4.05. The number of benzene rings is 2. The molecule has 2 aromatic carbocycles. The lowest BCUT2D eigenvalue weighted by molar-refractivity contribution is 0.0600. The van der Waals surface area contributed by atoms with Crippen molar-refractivity contribution in [1.29, 1.82) is 0 Å². The van der Waals surface area contributed by atoms with Crippen LogP contribution in [0.3, 0.4) is 0 Å². The van der Waals surface area contributed by atoms with Gasteiger partial charge in [0.25, 0.3) is 5.91 Å². The Morgan fingerprint density at radius 1 is 1.00 bits per heavy atom. The van der Waals surface area contributed by atoms with Gasteiger partial charge in [0.1, 0.15) is 5.75 Å². The summed E-state index contributed by atoms with van der Waals surface area (Å²) < 4.78 is 10.6. The number of ether oxygens (including phenoxy) is 2. The van der Waals surface area contributed by atoms with E-state index in [9.17, 15) is 9.59 Å². The molecule has 1 amide bonds. The first-order chi connectivity index (χ1) is 15.5. The van der Waals surface area contributed by atoms with Crippen LogP contribution in [0.15, 0.2) is 42.5 Å². The standard InChI is InChI=1S/C25H33N3O4/c1-4-6-16-32-21-9-7-8-19(17-21)24(29)26-22-18-20(25(30)31-3)10-11-23(22)28-14-12-27(5-2)13-15-28/h7-11,17-18H,4-6,12-16H2,1-3H3,(H,26,29). The number of amides is 1. The maximum atomic E-state index is 13.1. The van der Waals surface area contributed by atoms with Gasteiger partial charge < -0.3 is 24.6 Å². The summed E-state index contributed by atoms with van der Waals surface area (Å²) in [5.74, 6) is -0.0131. The highest BCUT2D eigenvalue weighted by molar-refractivity contribution is 6.07. The van der Waals surface area contributed by atoms with Gasteiger partial charge in [-0.3, -0.25) is 4.79 Å². The van der Waals surface area contributed by atoms with E-state index in [1.54, 1.807) is 24.3 Å². The van der Waals surface area contributed by atoms with E-state index in [1.165, 1.54) is 7.11 Å². The van der Waals surface area contributed by atoms with Crippen molar-refractivity contribution in [1.82, 2.24) is 4.90 Å². The lowest BCUT2D eigenvalue weighted by Gasteiger charge is -2.36. The largest absolute Gasteiger partial charge is 0.494 e. The number of carbonyl (C=O) groups excluding carboxylic acids is 2. The summed E-state index contributed by atoms with van der Waals surface area (Å²) in [4.78, 5) is 29.8. The molecule has 32 heavy (non-hydrogen) atoms. The van der Waals surface area contributed by atoms with Crippen LogP contribution in [0.4, 0.5) is 11.4 Å². The van der Waals surface area contributed by atoms with Crippen molar-refractivity contribution >= 4 is 23.3 Å². The molecule has 1 fully saturated rings. The third-order valence-electron chi connectivity index (χ3n) is 5.69. The molecule has 1 aliphatic rings. The molecule has 0 aromatic heterocycles. The molecule has 7 heteroatoms. The first kappa shape index (κ1) is 23.6. The van der Waals surface area contributed by atoms with Crippen LogP contribution in [0.2, 0.25) is 0 Å². The minimum Gasteiger partial charge on any atom is -0.494 e. The number of methoxy groups -OCH3 is 1. The van der Waals surface area contributed by atoms with Crippen LogP contribution in [-0.2, 0) is 4.74 Å². The normalized spacial score (nSPS) is 14.2. The fourth-order valence-electron chi connectivity index (χ4n) is 3.72. The summed E-state index contributed by atoms with van der Waals surface area (Å²) in [5, 5.41) is 3.01. The first-order valence-electron chi connectivity index (χ1n) is 11.3. The molecule has 0 spiro atoms. The number of nitrogens with zero attached hydrogens (tertiary/aromatic N) is 2. The number of rotatable bonds is 9. The molecule has 2 aromatic rings. The van der Waals surface area contributed by atoms with Gasteiger partial charge in [-0.2, -0.15) is 0 Å². The minimum atomic E-state index is -0.436. The minimum absolute atomic E-state index is 0.249. The Morgan fingerprint density at radius 3 is 2.47 bits per heavy atom. The van der Waals surface area contributed by atoms with Gasteiger partial charge in [-0.15, -0.1) is 0 Å². The average molecular weight is 440 g/mol. The monoisotopic (exact) mass is 439 g/mol. The van der Waals surface area contributed by atoms with Crippen LogP contribution in [0, 0.1) is 0 Å². The summed E-state index contributed by atoms with van der Waals surface area (Å²) in [5.41, 5.74) is 2.40. The number of hydrogen-bond acceptors (Lipinski definition) is 6. The fraction of sp³-hybridized carbons (Fsp3) is 0.440. The van der Waals surface area contributed by atoms with E-state index in [-0.39, 0.29) is 5.91 Å². The Labute approximate surface area is 190 Å². The second-order valence-corrected chi connectivity index (χ2v) is 7.83. The van der Waals surface area contributed by atoms with Gasteiger partial charge in [0, 0.05) is 31.7 Å². The van der Waals surface area contributed by atoms with E-state index in [2.05, 4.69) is 29.0 Å². The van der Waals surface area contributed by atoms with E-state index in [0.29, 0.717) is 29.2 Å². The van der Waals surface area contributed by atoms with Crippen LogP contribution < -0.4 is 15.0 Å². The summed E-state index contributed by atoms with van der Waals surface area (Å²) >= 11 is 0. The number of nitrogens with one attached hydrogen (secondary N) is 1.